The molecule has 1 aliphatic heterocycles. The second-order valence-electron chi connectivity index (χ2n) is 11.2. The van der Waals surface area contributed by atoms with E-state index in [9.17, 15) is 19.2 Å². The molecule has 3 aromatic rings. The SMILES string of the molecule is COc1cccc2[nH]c(C(=O)N3C[C@@H]4CCC[C@@H]4[C@H]3C(=O)N[C@@H](C[C@@H]3CCCC3=O)C(=O)c3ccc[nH]3)cc12. The highest BCUT2D eigenvalue weighted by Gasteiger charge is 2.50. The minimum Gasteiger partial charge on any atom is -0.496 e. The van der Waals surface area contributed by atoms with Crippen molar-refractivity contribution in [3.05, 3.63) is 54.0 Å². The summed E-state index contributed by atoms with van der Waals surface area (Å²) >= 11 is 0. The van der Waals surface area contributed by atoms with Gasteiger partial charge in [0.25, 0.3) is 5.91 Å². The van der Waals surface area contributed by atoms with Gasteiger partial charge in [-0.3, -0.25) is 19.2 Å². The Hall–Kier alpha value is -3.88. The molecular formula is C30H34N4O5. The molecule has 0 radical (unpaired) electrons. The Morgan fingerprint density at radius 2 is 1.97 bits per heavy atom. The fourth-order valence-corrected chi connectivity index (χ4v) is 7.01. The molecule has 0 bridgehead atoms. The minimum atomic E-state index is -0.835. The van der Waals surface area contributed by atoms with Crippen molar-refractivity contribution in [3.8, 4) is 5.75 Å². The van der Waals surface area contributed by atoms with Gasteiger partial charge in [-0.1, -0.05) is 12.5 Å². The number of methoxy groups -OCH3 is 1. The van der Waals surface area contributed by atoms with E-state index in [1.165, 1.54) is 0 Å². The molecule has 1 aromatic carbocycles. The number of carbonyl (C=O) groups excluding carboxylic acids is 4. The second kappa shape index (κ2) is 10.4. The number of nitrogens with zero attached hydrogens (tertiary/aromatic N) is 1. The molecule has 1 saturated heterocycles. The highest BCUT2D eigenvalue weighted by Crippen LogP contribution is 2.43. The van der Waals surface area contributed by atoms with Gasteiger partial charge in [0.2, 0.25) is 11.7 Å². The smallest absolute Gasteiger partial charge is 0.271 e. The predicted molar refractivity (Wildman–Crippen MR) is 145 cm³/mol. The first-order chi connectivity index (χ1) is 18.9. The Labute approximate surface area is 226 Å². The van der Waals surface area contributed by atoms with Crippen LogP contribution in [0, 0.1) is 17.8 Å². The van der Waals surface area contributed by atoms with Crippen LogP contribution in [0.15, 0.2) is 42.6 Å². The van der Waals surface area contributed by atoms with Gasteiger partial charge in [0.05, 0.1) is 18.8 Å². The van der Waals surface area contributed by atoms with Gasteiger partial charge in [0, 0.05) is 36.0 Å². The number of aromatic amines is 2. The molecule has 0 spiro atoms. The van der Waals surface area contributed by atoms with Crippen LogP contribution in [0.3, 0.4) is 0 Å². The average molecular weight is 531 g/mol. The number of ketones is 2. The molecule has 6 rings (SSSR count). The van der Waals surface area contributed by atoms with Crippen molar-refractivity contribution in [3.63, 3.8) is 0 Å². The molecule has 3 N–H and O–H groups in total. The van der Waals surface area contributed by atoms with Crippen LogP contribution in [0.5, 0.6) is 5.75 Å². The summed E-state index contributed by atoms with van der Waals surface area (Å²) in [5.41, 5.74) is 1.59. The zero-order chi connectivity index (χ0) is 27.1. The van der Waals surface area contributed by atoms with E-state index in [0.717, 1.165) is 43.0 Å². The first-order valence-corrected chi connectivity index (χ1v) is 13.9. The number of carbonyl (C=O) groups is 4. The van der Waals surface area contributed by atoms with Crippen molar-refractivity contribution < 1.29 is 23.9 Å². The lowest BCUT2D eigenvalue weighted by atomic mass is 9.91. The van der Waals surface area contributed by atoms with Gasteiger partial charge in [-0.15, -0.1) is 0 Å². The topological polar surface area (TPSA) is 124 Å². The van der Waals surface area contributed by atoms with Crippen LogP contribution in [-0.2, 0) is 9.59 Å². The average Bonchev–Trinajstić information content (AvgIpc) is 3.75. The third-order valence-electron chi connectivity index (χ3n) is 8.94. The van der Waals surface area contributed by atoms with E-state index in [-0.39, 0.29) is 47.6 Å². The van der Waals surface area contributed by atoms with Crippen LogP contribution in [0.25, 0.3) is 10.9 Å². The Kier molecular flexibility index (Phi) is 6.74. The summed E-state index contributed by atoms with van der Waals surface area (Å²) < 4.78 is 5.46. The lowest BCUT2D eigenvalue weighted by molar-refractivity contribution is -0.127. The van der Waals surface area contributed by atoms with Gasteiger partial charge in [-0.05, 0) is 74.3 Å². The Morgan fingerprint density at radius 3 is 2.72 bits per heavy atom. The number of nitrogens with one attached hydrogen (secondary N) is 3. The van der Waals surface area contributed by atoms with E-state index in [1.54, 1.807) is 36.4 Å². The summed E-state index contributed by atoms with van der Waals surface area (Å²) in [5.74, 6) is 0.0760. The maximum Gasteiger partial charge on any atom is 0.271 e. The number of rotatable bonds is 8. The van der Waals surface area contributed by atoms with E-state index in [0.29, 0.717) is 30.1 Å². The Balaban J connectivity index is 1.28. The number of fused-ring (bicyclic) bond motifs is 2. The first-order valence-electron chi connectivity index (χ1n) is 13.9. The number of Topliss-reactive ketones (excluding diaryl/α,β-unsaturated/α-hetero) is 2. The number of H-pyrrole nitrogens is 2. The fourth-order valence-electron chi connectivity index (χ4n) is 7.01. The van der Waals surface area contributed by atoms with Gasteiger partial charge < -0.3 is 24.9 Å². The van der Waals surface area contributed by atoms with E-state index >= 15 is 0 Å². The molecule has 3 aliphatic rings. The van der Waals surface area contributed by atoms with Crippen molar-refractivity contribution in [2.75, 3.05) is 13.7 Å². The number of hydrogen-bond acceptors (Lipinski definition) is 5. The summed E-state index contributed by atoms with van der Waals surface area (Å²) in [6.45, 7) is 0.504. The van der Waals surface area contributed by atoms with Crippen LogP contribution in [0.4, 0.5) is 0 Å². The number of hydrogen-bond donors (Lipinski definition) is 3. The lowest BCUT2D eigenvalue weighted by Gasteiger charge is -2.29. The molecule has 0 unspecified atom stereocenters. The molecule has 3 heterocycles. The van der Waals surface area contributed by atoms with Gasteiger partial charge in [0.1, 0.15) is 23.3 Å². The monoisotopic (exact) mass is 530 g/mol. The molecule has 5 atom stereocenters. The Bertz CT molecular complexity index is 1410. The first kappa shape index (κ1) is 25.4. The highest BCUT2D eigenvalue weighted by atomic mass is 16.5. The van der Waals surface area contributed by atoms with E-state index in [4.69, 9.17) is 4.74 Å². The van der Waals surface area contributed by atoms with Crippen LogP contribution in [-0.4, -0.2) is 64.0 Å². The molecular weight excluding hydrogens is 496 g/mol. The molecule has 9 heteroatoms. The van der Waals surface area contributed by atoms with Crippen molar-refractivity contribution in [1.29, 1.82) is 0 Å². The molecule has 3 fully saturated rings. The van der Waals surface area contributed by atoms with E-state index < -0.39 is 12.1 Å². The fraction of sp³-hybridized carbons (Fsp3) is 0.467. The zero-order valence-electron chi connectivity index (χ0n) is 22.1. The predicted octanol–water partition coefficient (Wildman–Crippen LogP) is 3.87. The van der Waals surface area contributed by atoms with Crippen LogP contribution < -0.4 is 10.1 Å². The molecule has 9 nitrogen and oxygen atoms in total. The van der Waals surface area contributed by atoms with Crippen LogP contribution in [0.1, 0.15) is 65.9 Å². The number of benzene rings is 1. The van der Waals surface area contributed by atoms with E-state index in [2.05, 4.69) is 15.3 Å². The summed E-state index contributed by atoms with van der Waals surface area (Å²) in [6.07, 6.45) is 6.86. The number of ether oxygens (including phenoxy) is 1. The summed E-state index contributed by atoms with van der Waals surface area (Å²) in [5, 5.41) is 3.81. The van der Waals surface area contributed by atoms with Crippen molar-refractivity contribution in [1.82, 2.24) is 20.2 Å². The molecule has 2 aromatic heterocycles. The molecule has 2 amide bonds. The van der Waals surface area contributed by atoms with Crippen LogP contribution in [0.2, 0.25) is 0 Å². The quantitative estimate of drug-likeness (QED) is 0.382. The van der Waals surface area contributed by atoms with E-state index in [1.807, 2.05) is 18.2 Å². The summed E-state index contributed by atoms with van der Waals surface area (Å²) in [4.78, 5) is 61.5. The highest BCUT2D eigenvalue weighted by molar-refractivity contribution is 6.04. The van der Waals surface area contributed by atoms with Gasteiger partial charge >= 0.3 is 0 Å². The maximum absolute atomic E-state index is 14.0. The number of aromatic nitrogens is 2. The Morgan fingerprint density at radius 1 is 1.10 bits per heavy atom. The van der Waals surface area contributed by atoms with Gasteiger partial charge in [-0.2, -0.15) is 0 Å². The van der Waals surface area contributed by atoms with Crippen molar-refractivity contribution in [2.45, 2.75) is 57.0 Å². The van der Waals surface area contributed by atoms with Gasteiger partial charge in [-0.25, -0.2) is 0 Å². The summed E-state index contributed by atoms with van der Waals surface area (Å²) in [7, 11) is 1.59. The second-order valence-corrected chi connectivity index (χ2v) is 11.2. The molecule has 204 valence electrons. The minimum absolute atomic E-state index is 0.0437. The largest absolute Gasteiger partial charge is 0.496 e. The third kappa shape index (κ3) is 4.64. The van der Waals surface area contributed by atoms with Crippen molar-refractivity contribution in [2.24, 2.45) is 17.8 Å². The molecule has 2 aliphatic carbocycles. The summed E-state index contributed by atoms with van der Waals surface area (Å²) in [6, 6.07) is 9.29. The maximum atomic E-state index is 14.0. The van der Waals surface area contributed by atoms with Crippen molar-refractivity contribution >= 4 is 34.3 Å². The molecule has 2 saturated carbocycles. The standard InChI is InChI=1S/C30H34N4O5/c1-39-26-12-4-9-21-20(26)15-24(32-21)30(38)34-16-18-7-2-8-19(18)27(34)29(37)33-23(14-17-6-3-11-25(17)35)28(36)22-10-5-13-31-22/h4-5,9-10,12-13,15,17-19,23,27,31-32H,2-3,6-8,11,14,16H2,1H3,(H,33,37)/t17-,18-,19-,23-,27-/m0/s1. The lowest BCUT2D eigenvalue weighted by Crippen LogP contribution is -2.53. The normalized spacial score (nSPS) is 25.2. The van der Waals surface area contributed by atoms with Gasteiger partial charge in [0.15, 0.2) is 0 Å². The van der Waals surface area contributed by atoms with Crippen LogP contribution >= 0.6 is 0 Å². The third-order valence-corrected chi connectivity index (χ3v) is 8.94. The molecule has 39 heavy (non-hydrogen) atoms. The zero-order valence-corrected chi connectivity index (χ0v) is 22.1. The number of amides is 2. The number of likely N-dealkylation sites (tertiary alicyclic amines) is 1.